The van der Waals surface area contributed by atoms with Gasteiger partial charge in [-0.3, -0.25) is 0 Å². The Morgan fingerprint density at radius 1 is 1.41 bits per heavy atom. The van der Waals surface area contributed by atoms with Crippen molar-refractivity contribution in [1.82, 2.24) is 10.1 Å². The number of nitriles is 1. The molecule has 0 aliphatic rings. The highest BCUT2D eigenvalue weighted by molar-refractivity contribution is 5.57. The lowest BCUT2D eigenvalue weighted by atomic mass is 10.1. The van der Waals surface area contributed by atoms with Gasteiger partial charge in [0.15, 0.2) is 0 Å². The highest BCUT2D eigenvalue weighted by atomic mass is 16.5. The summed E-state index contributed by atoms with van der Waals surface area (Å²) in [7, 11) is 0. The highest BCUT2D eigenvalue weighted by Crippen LogP contribution is 2.17. The second-order valence-electron chi connectivity index (χ2n) is 3.81. The lowest BCUT2D eigenvalue weighted by Gasteiger charge is -1.93. The van der Waals surface area contributed by atoms with E-state index in [9.17, 15) is 0 Å². The van der Waals surface area contributed by atoms with E-state index in [1.165, 1.54) is 0 Å². The van der Waals surface area contributed by atoms with Gasteiger partial charge in [-0.1, -0.05) is 30.6 Å². The first-order valence-electron chi connectivity index (χ1n) is 5.66. The van der Waals surface area contributed by atoms with E-state index in [-0.39, 0.29) is 0 Å². The molecule has 0 aliphatic heterocycles. The van der Waals surface area contributed by atoms with Gasteiger partial charge in [0.1, 0.15) is 0 Å². The van der Waals surface area contributed by atoms with Crippen LogP contribution in [0.1, 0.15) is 31.2 Å². The van der Waals surface area contributed by atoms with Crippen molar-refractivity contribution in [3.8, 4) is 17.5 Å². The van der Waals surface area contributed by atoms with E-state index < -0.39 is 0 Å². The molecule has 0 saturated carbocycles. The van der Waals surface area contributed by atoms with Crippen LogP contribution in [0.4, 0.5) is 0 Å². The number of unbranched alkanes of at least 4 members (excludes halogenated alkanes) is 1. The first-order chi connectivity index (χ1) is 8.33. The van der Waals surface area contributed by atoms with Crippen molar-refractivity contribution in [3.63, 3.8) is 0 Å². The predicted molar refractivity (Wildman–Crippen MR) is 63.1 cm³/mol. The summed E-state index contributed by atoms with van der Waals surface area (Å²) in [6, 6.07) is 9.29. The zero-order valence-corrected chi connectivity index (χ0v) is 9.68. The van der Waals surface area contributed by atoms with Gasteiger partial charge < -0.3 is 4.52 Å². The average molecular weight is 227 g/mol. The van der Waals surface area contributed by atoms with Crippen molar-refractivity contribution in [1.29, 1.82) is 5.26 Å². The van der Waals surface area contributed by atoms with Crippen LogP contribution in [0, 0.1) is 11.3 Å². The van der Waals surface area contributed by atoms with Crippen molar-refractivity contribution < 1.29 is 4.52 Å². The first kappa shape index (κ1) is 11.3. The maximum Gasteiger partial charge on any atom is 0.226 e. The lowest BCUT2D eigenvalue weighted by molar-refractivity contribution is 0.375. The van der Waals surface area contributed by atoms with Crippen LogP contribution in [0.15, 0.2) is 28.8 Å². The largest absolute Gasteiger partial charge is 0.339 e. The second kappa shape index (κ2) is 5.26. The van der Waals surface area contributed by atoms with Crippen LogP contribution in [0.25, 0.3) is 11.4 Å². The van der Waals surface area contributed by atoms with Crippen LogP contribution in [0.2, 0.25) is 0 Å². The summed E-state index contributed by atoms with van der Waals surface area (Å²) in [4.78, 5) is 4.31. The van der Waals surface area contributed by atoms with E-state index in [1.807, 2.05) is 12.1 Å². The molecule has 4 nitrogen and oxygen atoms in total. The summed E-state index contributed by atoms with van der Waals surface area (Å²) in [5.74, 6) is 1.21. The first-order valence-corrected chi connectivity index (χ1v) is 5.66. The number of aryl methyl sites for hydroxylation is 1. The molecule has 0 amide bonds. The molecule has 17 heavy (non-hydrogen) atoms. The van der Waals surface area contributed by atoms with E-state index in [0.29, 0.717) is 17.3 Å². The highest BCUT2D eigenvalue weighted by Gasteiger charge is 2.08. The quantitative estimate of drug-likeness (QED) is 0.805. The second-order valence-corrected chi connectivity index (χ2v) is 3.81. The van der Waals surface area contributed by atoms with Gasteiger partial charge in [0.2, 0.25) is 11.7 Å². The van der Waals surface area contributed by atoms with Gasteiger partial charge in [0, 0.05) is 12.0 Å². The minimum absolute atomic E-state index is 0.549. The molecule has 2 rings (SSSR count). The molecule has 0 aliphatic carbocycles. The van der Waals surface area contributed by atoms with Crippen LogP contribution in [-0.4, -0.2) is 10.1 Å². The molecule has 86 valence electrons. The fourth-order valence-electron chi connectivity index (χ4n) is 1.53. The number of nitrogens with zero attached hydrogens (tertiary/aromatic N) is 3. The Bertz CT molecular complexity index is 540. The van der Waals surface area contributed by atoms with Crippen molar-refractivity contribution in [3.05, 3.63) is 35.7 Å². The van der Waals surface area contributed by atoms with Crippen LogP contribution in [0.3, 0.4) is 0 Å². The Kier molecular flexibility index (Phi) is 3.51. The SMILES string of the molecule is CCCCc1nc(-c2cccc(C#N)c2)no1. The summed E-state index contributed by atoms with van der Waals surface area (Å²) in [5, 5.41) is 12.7. The molecule has 1 aromatic heterocycles. The smallest absolute Gasteiger partial charge is 0.226 e. The van der Waals surface area contributed by atoms with Gasteiger partial charge in [0.05, 0.1) is 11.6 Å². The van der Waals surface area contributed by atoms with E-state index in [2.05, 4.69) is 23.1 Å². The minimum atomic E-state index is 0.549. The molecule has 1 aromatic carbocycles. The van der Waals surface area contributed by atoms with Crippen molar-refractivity contribution in [2.75, 3.05) is 0 Å². The fourth-order valence-corrected chi connectivity index (χ4v) is 1.53. The maximum absolute atomic E-state index is 8.82. The molecule has 0 spiro atoms. The van der Waals surface area contributed by atoms with Crippen LogP contribution in [0.5, 0.6) is 0 Å². The summed E-state index contributed by atoms with van der Waals surface area (Å²) in [6.45, 7) is 2.12. The summed E-state index contributed by atoms with van der Waals surface area (Å²) in [5.41, 5.74) is 1.41. The fraction of sp³-hybridized carbons (Fsp3) is 0.308. The molecule has 0 radical (unpaired) electrons. The maximum atomic E-state index is 8.82. The molecular formula is C13H13N3O. The Morgan fingerprint density at radius 2 is 2.29 bits per heavy atom. The van der Waals surface area contributed by atoms with E-state index in [4.69, 9.17) is 9.78 Å². The molecule has 1 heterocycles. The van der Waals surface area contributed by atoms with E-state index >= 15 is 0 Å². The van der Waals surface area contributed by atoms with Crippen molar-refractivity contribution in [2.24, 2.45) is 0 Å². The minimum Gasteiger partial charge on any atom is -0.339 e. The van der Waals surface area contributed by atoms with Gasteiger partial charge in [-0.2, -0.15) is 10.2 Å². The molecular weight excluding hydrogens is 214 g/mol. The zero-order valence-electron chi connectivity index (χ0n) is 9.68. The molecule has 0 fully saturated rings. The Balaban J connectivity index is 2.21. The third-order valence-corrected chi connectivity index (χ3v) is 2.46. The molecule has 0 atom stereocenters. The lowest BCUT2D eigenvalue weighted by Crippen LogP contribution is -1.85. The standard InChI is InChI=1S/C13H13N3O/c1-2-3-7-12-15-13(16-17-12)11-6-4-5-10(8-11)9-14/h4-6,8H,2-3,7H2,1H3. The van der Waals surface area contributed by atoms with E-state index in [0.717, 1.165) is 24.8 Å². The molecule has 2 aromatic rings. The molecule has 4 heteroatoms. The normalized spacial score (nSPS) is 10.1. The van der Waals surface area contributed by atoms with Crippen LogP contribution in [-0.2, 0) is 6.42 Å². The van der Waals surface area contributed by atoms with Crippen LogP contribution < -0.4 is 0 Å². The van der Waals surface area contributed by atoms with E-state index in [1.54, 1.807) is 12.1 Å². The number of hydrogen-bond acceptors (Lipinski definition) is 4. The third kappa shape index (κ3) is 2.70. The molecule has 0 saturated heterocycles. The topological polar surface area (TPSA) is 62.7 Å². The Hall–Kier alpha value is -2.15. The molecule has 0 N–H and O–H groups in total. The van der Waals surface area contributed by atoms with Crippen LogP contribution >= 0.6 is 0 Å². The summed E-state index contributed by atoms with van der Waals surface area (Å²) >= 11 is 0. The monoisotopic (exact) mass is 227 g/mol. The summed E-state index contributed by atoms with van der Waals surface area (Å²) < 4.78 is 5.15. The van der Waals surface area contributed by atoms with Gasteiger partial charge >= 0.3 is 0 Å². The molecule has 0 bridgehead atoms. The number of benzene rings is 1. The Morgan fingerprint density at radius 3 is 3.06 bits per heavy atom. The van der Waals surface area contributed by atoms with Gasteiger partial charge in [-0.25, -0.2) is 0 Å². The number of aromatic nitrogens is 2. The van der Waals surface area contributed by atoms with Gasteiger partial charge in [-0.15, -0.1) is 0 Å². The van der Waals surface area contributed by atoms with Crippen molar-refractivity contribution >= 4 is 0 Å². The summed E-state index contributed by atoms with van der Waals surface area (Å²) in [6.07, 6.45) is 2.95. The zero-order chi connectivity index (χ0) is 12.1. The van der Waals surface area contributed by atoms with Gasteiger partial charge in [0.25, 0.3) is 0 Å². The Labute approximate surface area is 99.9 Å². The van der Waals surface area contributed by atoms with Gasteiger partial charge in [-0.05, 0) is 18.6 Å². The third-order valence-electron chi connectivity index (χ3n) is 2.46. The number of hydrogen-bond donors (Lipinski definition) is 0. The molecule has 0 unspecified atom stereocenters. The predicted octanol–water partition coefficient (Wildman–Crippen LogP) is 2.95. The number of rotatable bonds is 4. The van der Waals surface area contributed by atoms with Crippen molar-refractivity contribution in [2.45, 2.75) is 26.2 Å². The average Bonchev–Trinajstić information content (AvgIpc) is 2.85.